The number of carbonyl (C=O) groups is 2. The Labute approximate surface area is 244 Å². The van der Waals surface area contributed by atoms with Crippen molar-refractivity contribution in [3.8, 4) is 0 Å². The number of nitrogens with one attached hydrogen (secondary N) is 2. The number of hydrogen-bond acceptors (Lipinski definition) is 7. The molecule has 1 saturated heterocycles. The van der Waals surface area contributed by atoms with Gasteiger partial charge in [-0.25, -0.2) is 18.2 Å². The Bertz CT molecular complexity index is 1740. The number of hydrogen-bond donors (Lipinski definition) is 4. The van der Waals surface area contributed by atoms with E-state index in [9.17, 15) is 23.1 Å². The van der Waals surface area contributed by atoms with Gasteiger partial charge in [0, 0.05) is 29.5 Å². The van der Waals surface area contributed by atoms with E-state index in [4.69, 9.17) is 5.73 Å². The number of carbonyl (C=O) groups excluding carboxylic acids is 1. The Morgan fingerprint density at radius 1 is 1.02 bits per heavy atom. The van der Waals surface area contributed by atoms with Crippen molar-refractivity contribution >= 4 is 49.8 Å². The molecule has 1 aliphatic heterocycles. The number of nitrogens with two attached hydrogens (primary N) is 1. The van der Waals surface area contributed by atoms with Gasteiger partial charge in [-0.3, -0.25) is 10.1 Å². The molecule has 2 atom stereocenters. The fourth-order valence-corrected chi connectivity index (χ4v) is 6.72. The monoisotopic (exact) mass is 587 g/mol. The van der Waals surface area contributed by atoms with Crippen LogP contribution in [0.15, 0.2) is 83.9 Å². The van der Waals surface area contributed by atoms with Crippen LogP contribution < -0.4 is 16.4 Å². The van der Waals surface area contributed by atoms with Gasteiger partial charge in [-0.2, -0.15) is 0 Å². The Hall–Kier alpha value is -4.64. The Morgan fingerprint density at radius 3 is 2.48 bits per heavy atom. The van der Waals surface area contributed by atoms with Crippen molar-refractivity contribution in [3.63, 3.8) is 0 Å². The van der Waals surface area contributed by atoms with E-state index in [-0.39, 0.29) is 16.5 Å². The van der Waals surface area contributed by atoms with E-state index < -0.39 is 33.3 Å². The molecule has 42 heavy (non-hydrogen) atoms. The van der Waals surface area contributed by atoms with Crippen molar-refractivity contribution in [2.45, 2.75) is 48.9 Å². The van der Waals surface area contributed by atoms with Crippen molar-refractivity contribution in [2.75, 3.05) is 22.9 Å². The summed E-state index contributed by atoms with van der Waals surface area (Å²) in [6.07, 6.45) is 1.57. The molecule has 5 N–H and O–H groups in total. The summed E-state index contributed by atoms with van der Waals surface area (Å²) in [5, 5.41) is 16.0. The molecule has 5 rings (SSSR count). The lowest BCUT2D eigenvalue weighted by atomic mass is 10.0. The molecule has 2 heterocycles. The molecule has 0 saturated carbocycles. The molecule has 0 aliphatic carbocycles. The highest BCUT2D eigenvalue weighted by Crippen LogP contribution is 2.40. The van der Waals surface area contributed by atoms with Gasteiger partial charge in [-0.1, -0.05) is 30.3 Å². The minimum Gasteiger partial charge on any atom is -0.465 e. The van der Waals surface area contributed by atoms with Crippen LogP contribution in [0.1, 0.15) is 49.9 Å². The van der Waals surface area contributed by atoms with E-state index in [0.717, 1.165) is 16.3 Å². The normalized spacial score (nSPS) is 16.0. The molecule has 11 heteroatoms. The summed E-state index contributed by atoms with van der Waals surface area (Å²) < 4.78 is 26.8. The first-order valence-electron chi connectivity index (χ1n) is 13.7. The van der Waals surface area contributed by atoms with Crippen LogP contribution in [0.3, 0.4) is 0 Å². The maximum Gasteiger partial charge on any atom is 0.409 e. The minimum absolute atomic E-state index is 0.100. The number of sulfone groups is 1. The van der Waals surface area contributed by atoms with Crippen molar-refractivity contribution in [1.29, 1.82) is 0 Å². The van der Waals surface area contributed by atoms with Gasteiger partial charge >= 0.3 is 6.09 Å². The third-order valence-electron chi connectivity index (χ3n) is 7.57. The van der Waals surface area contributed by atoms with Crippen LogP contribution in [0.25, 0.3) is 10.8 Å². The largest absolute Gasteiger partial charge is 0.465 e. The number of likely N-dealkylation sites (tertiary alicyclic amines) is 1. The topological polar surface area (TPSA) is 155 Å². The third kappa shape index (κ3) is 5.73. The van der Waals surface area contributed by atoms with Gasteiger partial charge in [0.25, 0.3) is 0 Å². The van der Waals surface area contributed by atoms with Crippen molar-refractivity contribution in [1.82, 2.24) is 9.88 Å². The van der Waals surface area contributed by atoms with Gasteiger partial charge < -0.3 is 21.1 Å². The van der Waals surface area contributed by atoms with E-state index >= 15 is 0 Å². The highest BCUT2D eigenvalue weighted by Gasteiger charge is 2.38. The van der Waals surface area contributed by atoms with E-state index in [1.807, 2.05) is 54.6 Å². The van der Waals surface area contributed by atoms with Crippen molar-refractivity contribution < 1.29 is 23.1 Å². The zero-order valence-electron chi connectivity index (χ0n) is 23.3. The summed E-state index contributed by atoms with van der Waals surface area (Å²) in [7, 11) is -3.73. The van der Waals surface area contributed by atoms with Crippen LogP contribution in [0.4, 0.5) is 22.0 Å². The second kappa shape index (κ2) is 11.7. The Kier molecular flexibility index (Phi) is 8.04. The molecule has 3 aromatic carbocycles. The molecule has 2 amide bonds. The smallest absolute Gasteiger partial charge is 0.409 e. The number of benzene rings is 3. The molecule has 1 aliphatic rings. The fourth-order valence-electron chi connectivity index (χ4n) is 5.43. The van der Waals surface area contributed by atoms with Crippen LogP contribution in [0, 0.1) is 0 Å². The maximum atomic E-state index is 14.4. The molecular weight excluding hydrogens is 554 g/mol. The molecule has 218 valence electrons. The summed E-state index contributed by atoms with van der Waals surface area (Å²) >= 11 is 0. The molecule has 1 aromatic heterocycles. The van der Waals surface area contributed by atoms with E-state index in [0.29, 0.717) is 36.5 Å². The first kappa shape index (κ1) is 28.9. The molecule has 0 radical (unpaired) electrons. The summed E-state index contributed by atoms with van der Waals surface area (Å²) in [6.45, 7) is 3.62. The Morgan fingerprint density at radius 2 is 1.76 bits per heavy atom. The van der Waals surface area contributed by atoms with E-state index in [2.05, 4.69) is 15.6 Å². The van der Waals surface area contributed by atoms with Gasteiger partial charge in [0.1, 0.15) is 11.9 Å². The lowest BCUT2D eigenvalue weighted by Crippen LogP contribution is -2.38. The molecule has 0 bridgehead atoms. The Balaban J connectivity index is 1.55. The predicted molar refractivity (Wildman–Crippen MR) is 163 cm³/mol. The van der Waals surface area contributed by atoms with Gasteiger partial charge in [0.05, 0.1) is 16.2 Å². The quantitative estimate of drug-likeness (QED) is 0.207. The van der Waals surface area contributed by atoms with E-state index in [1.54, 1.807) is 24.9 Å². The molecule has 4 aromatic rings. The standard InChI is InChI=1S/C31H33N5O5S/c1-19(2)42(40,41)27-13-11-23(35-31(38)39)18-25(27)26-9-6-16-36(26)30(37)28(20-7-4-3-5-8-20)34-22-10-12-24-21(17-22)14-15-33-29(24)32/h3-5,7-8,10-15,17-19,26,28,34-35H,6,9,16H2,1-2H3,(H2,32,33)(H,38,39)/t26-,28-/m1/s1. The first-order chi connectivity index (χ1) is 20.1. The maximum absolute atomic E-state index is 14.4. The van der Waals surface area contributed by atoms with E-state index in [1.165, 1.54) is 18.2 Å². The second-order valence-corrected chi connectivity index (χ2v) is 13.1. The number of aromatic nitrogens is 1. The average molecular weight is 588 g/mol. The zero-order chi connectivity index (χ0) is 30.0. The zero-order valence-corrected chi connectivity index (χ0v) is 24.1. The summed E-state index contributed by atoms with van der Waals surface area (Å²) in [5.41, 5.74) is 8.13. The number of anilines is 3. The lowest BCUT2D eigenvalue weighted by Gasteiger charge is -2.31. The molecule has 0 spiro atoms. The SMILES string of the molecule is CC(C)S(=O)(=O)c1ccc(NC(=O)O)cc1[C@H]1CCCN1C(=O)[C@H](Nc1ccc2c(N)nccc2c1)c1ccccc1. The summed E-state index contributed by atoms with van der Waals surface area (Å²) in [5.74, 6) is 0.198. The number of amides is 2. The highest BCUT2D eigenvalue weighted by molar-refractivity contribution is 7.92. The number of pyridine rings is 1. The number of nitrogen functional groups attached to an aromatic ring is 1. The fraction of sp³-hybridized carbons (Fsp3) is 0.258. The predicted octanol–water partition coefficient (Wildman–Crippen LogP) is 5.61. The highest BCUT2D eigenvalue weighted by atomic mass is 32.2. The third-order valence-corrected chi connectivity index (χ3v) is 9.80. The van der Waals surface area contributed by atoms with Crippen molar-refractivity contribution in [2.24, 2.45) is 0 Å². The average Bonchev–Trinajstić information content (AvgIpc) is 3.46. The summed E-state index contributed by atoms with van der Waals surface area (Å²) in [6, 6.07) is 19.9. The molecular formula is C31H33N5O5S. The van der Waals surface area contributed by atoms with Gasteiger partial charge in [-0.15, -0.1) is 0 Å². The second-order valence-electron chi connectivity index (χ2n) is 10.6. The number of carboxylic acid groups (broad SMARTS) is 1. The number of nitrogens with zero attached hydrogens (tertiary/aromatic N) is 2. The minimum atomic E-state index is -3.73. The van der Waals surface area contributed by atoms with Crippen LogP contribution in [0.2, 0.25) is 0 Å². The van der Waals surface area contributed by atoms with Gasteiger partial charge in [-0.05, 0) is 85.7 Å². The molecule has 10 nitrogen and oxygen atoms in total. The first-order valence-corrected chi connectivity index (χ1v) is 15.2. The van der Waals surface area contributed by atoms with Crippen LogP contribution in [-0.4, -0.2) is 47.2 Å². The van der Waals surface area contributed by atoms with Crippen LogP contribution >= 0.6 is 0 Å². The van der Waals surface area contributed by atoms with Crippen LogP contribution in [0.5, 0.6) is 0 Å². The molecule has 0 unspecified atom stereocenters. The molecule has 1 fully saturated rings. The van der Waals surface area contributed by atoms with Crippen LogP contribution in [-0.2, 0) is 14.6 Å². The van der Waals surface area contributed by atoms with Gasteiger partial charge in [0.15, 0.2) is 9.84 Å². The van der Waals surface area contributed by atoms with Crippen molar-refractivity contribution in [3.05, 3.63) is 90.1 Å². The number of rotatable bonds is 8. The lowest BCUT2D eigenvalue weighted by molar-refractivity contribution is -0.133. The number of fused-ring (bicyclic) bond motifs is 1. The summed E-state index contributed by atoms with van der Waals surface area (Å²) in [4.78, 5) is 31.7. The van der Waals surface area contributed by atoms with Gasteiger partial charge in [0.2, 0.25) is 5.91 Å².